The summed E-state index contributed by atoms with van der Waals surface area (Å²) in [6, 6.07) is 14.5. The molecule has 0 saturated heterocycles. The normalized spacial score (nSPS) is 12.0. The van der Waals surface area contributed by atoms with Gasteiger partial charge in [-0.05, 0) is 72.3 Å². The van der Waals surface area contributed by atoms with E-state index in [4.69, 9.17) is 25.7 Å². The van der Waals surface area contributed by atoms with Crippen LogP contribution in [0, 0.1) is 5.82 Å². The number of imidazole rings is 1. The molecule has 7 aromatic rings. The van der Waals surface area contributed by atoms with E-state index in [-0.39, 0.29) is 113 Å². The second-order valence-corrected chi connectivity index (χ2v) is 19.2. The highest BCUT2D eigenvalue weighted by atomic mass is 32.2. The number of hydrogen-bond donors (Lipinski definition) is 7. The molecule has 0 radical (unpaired) electrons. The number of thioether (sulfide) groups is 1. The molecule has 0 unspecified atom stereocenters. The highest BCUT2D eigenvalue weighted by Crippen LogP contribution is 2.44. The Bertz CT molecular complexity index is 3210. The van der Waals surface area contributed by atoms with Crippen LogP contribution < -0.4 is 38.3 Å². The molecule has 9 N–H and O–H groups in total. The molecular formula is C48H49F4N11O9S3. The Morgan fingerprint density at radius 2 is 1.52 bits per heavy atom. The van der Waals surface area contributed by atoms with Gasteiger partial charge < -0.3 is 46.9 Å². The van der Waals surface area contributed by atoms with Gasteiger partial charge in [-0.25, -0.2) is 14.4 Å². The molecule has 0 saturated carbocycles. The maximum absolute atomic E-state index is 14.1. The lowest BCUT2D eigenvalue weighted by Crippen LogP contribution is -2.48. The summed E-state index contributed by atoms with van der Waals surface area (Å²) < 4.78 is 74.2. The van der Waals surface area contributed by atoms with E-state index in [9.17, 15) is 46.3 Å². The second kappa shape index (κ2) is 25.8. The first-order chi connectivity index (χ1) is 36.0. The van der Waals surface area contributed by atoms with Gasteiger partial charge in [0.05, 0.1) is 54.8 Å². The van der Waals surface area contributed by atoms with Crippen molar-refractivity contribution in [2.75, 3.05) is 75.3 Å². The number of nitrogens with one attached hydrogen (secondary N) is 5. The molecule has 0 fully saturated rings. The average molecular weight is 1100 g/mol. The predicted octanol–water partition coefficient (Wildman–Crippen LogP) is 5.36. The van der Waals surface area contributed by atoms with Gasteiger partial charge >= 0.3 is 18.0 Å². The molecule has 0 spiro atoms. The van der Waals surface area contributed by atoms with E-state index in [1.54, 1.807) is 34.2 Å². The Kier molecular flexibility index (Phi) is 19.1. The number of pyridine rings is 1. The fourth-order valence-corrected chi connectivity index (χ4v) is 10.00. The second-order valence-electron chi connectivity index (χ2n) is 16.3. The van der Waals surface area contributed by atoms with Gasteiger partial charge in [0.2, 0.25) is 23.5 Å². The number of hydrogen-bond acceptors (Lipinski definition) is 17. The van der Waals surface area contributed by atoms with Gasteiger partial charge in [-0.2, -0.15) is 18.2 Å². The minimum absolute atomic E-state index is 0.0278. The van der Waals surface area contributed by atoms with Crippen LogP contribution in [0.15, 0.2) is 82.1 Å². The number of alkyl halides is 3. The van der Waals surface area contributed by atoms with Gasteiger partial charge in [0.25, 0.3) is 5.56 Å². The number of nitrogens with zero attached hydrogens (tertiary/aromatic N) is 4. The summed E-state index contributed by atoms with van der Waals surface area (Å²) >= 11 is 3.10. The van der Waals surface area contributed by atoms with Gasteiger partial charge in [0, 0.05) is 55.6 Å². The van der Waals surface area contributed by atoms with E-state index < -0.39 is 58.6 Å². The summed E-state index contributed by atoms with van der Waals surface area (Å²) in [7, 11) is 0. The lowest BCUT2D eigenvalue weighted by molar-refractivity contribution is -0.136. The summed E-state index contributed by atoms with van der Waals surface area (Å²) in [5.41, 5.74) is 11.4. The molecule has 75 heavy (non-hydrogen) atoms. The van der Waals surface area contributed by atoms with Gasteiger partial charge in [-0.3, -0.25) is 38.3 Å². The van der Waals surface area contributed by atoms with Crippen LogP contribution in [0.1, 0.15) is 46.1 Å². The number of H-pyrrole nitrogens is 1. The van der Waals surface area contributed by atoms with Crippen LogP contribution in [-0.2, 0) is 46.1 Å². The summed E-state index contributed by atoms with van der Waals surface area (Å²) in [6.45, 7) is 3.54. The first-order valence-electron chi connectivity index (χ1n) is 23.0. The number of aromatic amines is 1. The number of halogens is 4. The lowest BCUT2D eigenvalue weighted by Gasteiger charge is -2.17. The van der Waals surface area contributed by atoms with E-state index in [0.29, 0.717) is 35.0 Å². The highest BCUT2D eigenvalue weighted by Gasteiger charge is 2.36. The zero-order chi connectivity index (χ0) is 53.6. The van der Waals surface area contributed by atoms with Crippen molar-refractivity contribution >= 4 is 103 Å². The Hall–Kier alpha value is -7.30. The molecule has 4 amide bonds. The number of carbonyl (C=O) groups excluding carboxylic acids is 5. The molecule has 2 aromatic carbocycles. The highest BCUT2D eigenvalue weighted by molar-refractivity contribution is 7.99. The Labute approximate surface area is 436 Å². The van der Waals surface area contributed by atoms with Gasteiger partial charge in [-0.1, -0.05) is 30.0 Å². The van der Waals surface area contributed by atoms with Gasteiger partial charge in [-0.15, -0.1) is 22.7 Å². The SMILES string of the molecule is CC(=O)N[C@@H](CSc1nc2c(=O)[nH]c(N)nc2n1Cc1ccc(F)cc1)C(=O)NCCCOCCOCCOCCCNC(=O)C(=O)Nc1ccc(C(=O)c2sc3nc(-c4cccs4)cc(C(F)(F)F)c3c2N)cc1. The van der Waals surface area contributed by atoms with Crippen LogP contribution in [-0.4, -0.2) is 118 Å². The summed E-state index contributed by atoms with van der Waals surface area (Å²) in [6.07, 6.45) is -3.89. The number of rotatable bonds is 25. The fraction of sp³-hybridized carbons (Fsp3) is 0.312. The quantitative estimate of drug-likeness (QED) is 0.0125. The number of anilines is 3. The third-order valence-electron chi connectivity index (χ3n) is 10.8. The molecule has 0 bridgehead atoms. The molecule has 0 aliphatic rings. The van der Waals surface area contributed by atoms with Crippen molar-refractivity contribution in [1.82, 2.24) is 40.5 Å². The zero-order valence-corrected chi connectivity index (χ0v) is 42.3. The van der Waals surface area contributed by atoms with Crippen LogP contribution in [0.4, 0.5) is 34.9 Å². The minimum Gasteiger partial charge on any atom is -0.397 e. The van der Waals surface area contributed by atoms with E-state index in [0.717, 1.165) is 29.2 Å². The van der Waals surface area contributed by atoms with E-state index >= 15 is 0 Å². The number of ketones is 1. The number of benzene rings is 2. The Balaban J connectivity index is 0.736. The van der Waals surface area contributed by atoms with Crippen molar-refractivity contribution in [2.45, 2.75) is 43.7 Å². The number of aromatic nitrogens is 5. The third-order valence-corrected chi connectivity index (χ3v) is 13.8. The number of carbonyl (C=O) groups is 5. The van der Waals surface area contributed by atoms with Crippen LogP contribution >= 0.6 is 34.4 Å². The predicted molar refractivity (Wildman–Crippen MR) is 275 cm³/mol. The molecule has 0 aliphatic carbocycles. The van der Waals surface area contributed by atoms with Crippen molar-refractivity contribution in [3.05, 3.63) is 110 Å². The molecule has 7 rings (SSSR count). The number of fused-ring (bicyclic) bond motifs is 2. The van der Waals surface area contributed by atoms with Crippen LogP contribution in [0.25, 0.3) is 32.0 Å². The maximum atomic E-state index is 14.1. The number of nitrogen functional groups attached to an aromatic ring is 2. The topological polar surface area (TPSA) is 290 Å². The average Bonchev–Trinajstić information content (AvgIpc) is 4.12. The Morgan fingerprint density at radius 1 is 0.853 bits per heavy atom. The summed E-state index contributed by atoms with van der Waals surface area (Å²) in [4.78, 5) is 91.9. The van der Waals surface area contributed by atoms with Crippen molar-refractivity contribution < 1.29 is 55.7 Å². The first kappa shape index (κ1) is 55.5. The molecular weight excluding hydrogens is 1050 g/mol. The minimum atomic E-state index is -4.76. The molecule has 5 aromatic heterocycles. The molecule has 5 heterocycles. The van der Waals surface area contributed by atoms with Crippen molar-refractivity contribution in [3.63, 3.8) is 0 Å². The van der Waals surface area contributed by atoms with Crippen molar-refractivity contribution in [3.8, 4) is 10.6 Å². The molecule has 27 heteroatoms. The van der Waals surface area contributed by atoms with E-state index in [1.165, 1.54) is 54.7 Å². The standard InChI is InChI=1S/C48H49F4N11O9S3/c1-26(64)57-33(25-74-47-60-37-40(61-46(54)62-42(37)67)63(47)24-27-6-10-29(49)11-7-27)41(66)55-14-3-16-70-18-20-72-21-19-71-17-4-15-56-43(68)44(69)58-30-12-8-28(9-13-30)38(65)39-36(53)35-31(48(50,51)52)23-32(59-45(35)75-39)34-5-2-22-73-34/h2,5-13,22-23,33H,3-4,14-21,24-25,53H2,1H3,(H,55,66)(H,56,68)(H,57,64)(H,58,69)(H3,54,61,62,67)/t33-/m0/s1. The van der Waals surface area contributed by atoms with E-state index in [2.05, 4.69) is 41.2 Å². The number of thiophene rings is 2. The van der Waals surface area contributed by atoms with E-state index in [1.807, 2.05) is 0 Å². The molecule has 20 nitrogen and oxygen atoms in total. The maximum Gasteiger partial charge on any atom is 0.417 e. The zero-order valence-electron chi connectivity index (χ0n) is 39.8. The van der Waals surface area contributed by atoms with Gasteiger partial charge in [0.15, 0.2) is 16.3 Å². The van der Waals surface area contributed by atoms with Crippen LogP contribution in [0.2, 0.25) is 0 Å². The summed E-state index contributed by atoms with van der Waals surface area (Å²) in [5.74, 6) is -3.84. The smallest absolute Gasteiger partial charge is 0.397 e. The van der Waals surface area contributed by atoms with Crippen molar-refractivity contribution in [1.29, 1.82) is 0 Å². The Morgan fingerprint density at radius 3 is 2.16 bits per heavy atom. The number of amides is 4. The summed E-state index contributed by atoms with van der Waals surface area (Å²) in [5, 5.41) is 12.1. The monoisotopic (exact) mass is 1100 g/mol. The number of ether oxygens (including phenoxy) is 3. The van der Waals surface area contributed by atoms with Crippen LogP contribution in [0.3, 0.4) is 0 Å². The van der Waals surface area contributed by atoms with Gasteiger partial charge in [0.1, 0.15) is 21.6 Å². The fourth-order valence-electron chi connectivity index (χ4n) is 7.21. The molecule has 396 valence electrons. The lowest BCUT2D eigenvalue weighted by atomic mass is 10.0. The third kappa shape index (κ3) is 14.9. The van der Waals surface area contributed by atoms with Crippen LogP contribution in [0.5, 0.6) is 0 Å². The first-order valence-corrected chi connectivity index (χ1v) is 25.6. The molecule has 0 aliphatic heterocycles. The largest absolute Gasteiger partial charge is 0.417 e. The molecule has 1 atom stereocenters. The van der Waals surface area contributed by atoms with Crippen molar-refractivity contribution in [2.24, 2.45) is 0 Å². The number of nitrogens with two attached hydrogens (primary N) is 2.